The predicted octanol–water partition coefficient (Wildman–Crippen LogP) is 4.03. The zero-order chi connectivity index (χ0) is 23.3. The first-order valence-corrected chi connectivity index (χ1v) is 12.1. The molecule has 0 aliphatic heterocycles. The van der Waals surface area contributed by atoms with Crippen molar-refractivity contribution < 1.29 is 9.59 Å². The smallest absolute Gasteiger partial charge is 0.256 e. The fraction of sp³-hybridized carbons (Fsp3) is 0.720. The summed E-state index contributed by atoms with van der Waals surface area (Å²) in [5.41, 5.74) is 0.548. The molecule has 0 saturated heterocycles. The lowest BCUT2D eigenvalue weighted by molar-refractivity contribution is -0.125. The molecule has 32 heavy (non-hydrogen) atoms. The molecule has 0 aromatic carbocycles. The van der Waals surface area contributed by atoms with Gasteiger partial charge in [-0.25, -0.2) is 4.68 Å². The van der Waals surface area contributed by atoms with Crippen LogP contribution in [0.3, 0.4) is 0 Å². The first-order valence-electron chi connectivity index (χ1n) is 12.1. The molecule has 0 radical (unpaired) electrons. The highest BCUT2D eigenvalue weighted by Gasteiger charge is 2.56. The minimum absolute atomic E-state index is 0.0215. The Bertz CT molecular complexity index is 894. The molecule has 1 aromatic rings. The minimum atomic E-state index is -0.0605. The van der Waals surface area contributed by atoms with Crippen LogP contribution < -0.4 is 16.0 Å². The fourth-order valence-corrected chi connectivity index (χ4v) is 6.37. The average Bonchev–Trinajstić information content (AvgIpc) is 3.02. The SMILES string of the molecule is CC(=O)NC12CC3CC(C1)C(NC(=O)c1cnn(/C=C/C(C)(C)C)c1NC(C)C)C(C3)C2. The number of rotatable bonds is 6. The predicted molar refractivity (Wildman–Crippen MR) is 127 cm³/mol. The highest BCUT2D eigenvalue weighted by Crippen LogP contribution is 2.55. The van der Waals surface area contributed by atoms with Crippen molar-refractivity contribution in [1.29, 1.82) is 0 Å². The molecule has 4 fully saturated rings. The topological polar surface area (TPSA) is 88.1 Å². The van der Waals surface area contributed by atoms with E-state index in [0.717, 1.165) is 37.9 Å². The van der Waals surface area contributed by atoms with Gasteiger partial charge in [-0.15, -0.1) is 0 Å². The monoisotopic (exact) mass is 441 g/mol. The van der Waals surface area contributed by atoms with Crippen LogP contribution >= 0.6 is 0 Å². The Morgan fingerprint density at radius 2 is 1.84 bits per heavy atom. The molecule has 7 nitrogen and oxygen atoms in total. The largest absolute Gasteiger partial charge is 0.367 e. The van der Waals surface area contributed by atoms with E-state index in [1.807, 2.05) is 6.20 Å². The van der Waals surface area contributed by atoms with E-state index in [-0.39, 0.29) is 34.9 Å². The van der Waals surface area contributed by atoms with E-state index in [4.69, 9.17) is 0 Å². The van der Waals surface area contributed by atoms with Crippen LogP contribution in [-0.2, 0) is 4.79 Å². The van der Waals surface area contributed by atoms with Gasteiger partial charge in [-0.05, 0) is 69.1 Å². The first kappa shape index (κ1) is 22.9. The Morgan fingerprint density at radius 3 is 2.41 bits per heavy atom. The Morgan fingerprint density at radius 1 is 1.19 bits per heavy atom. The highest BCUT2D eigenvalue weighted by molar-refractivity contribution is 5.99. The van der Waals surface area contributed by atoms with E-state index in [9.17, 15) is 9.59 Å². The van der Waals surface area contributed by atoms with Crippen LogP contribution in [0.15, 0.2) is 12.3 Å². The standard InChI is InChI=1S/C25H39N5O2/c1-15(2)27-22-20(14-26-30(22)8-7-24(4,5)6)23(32)28-21-18-9-17-10-19(21)13-25(11-17,12-18)29-16(3)31/h7-8,14-15,17-19,21,27H,9-13H2,1-6H3,(H,28,32)(H,29,31)/b8-7+. The van der Waals surface area contributed by atoms with Gasteiger partial charge in [-0.1, -0.05) is 26.8 Å². The molecule has 4 saturated carbocycles. The Hall–Kier alpha value is -2.31. The van der Waals surface area contributed by atoms with E-state index in [1.54, 1.807) is 17.8 Å². The van der Waals surface area contributed by atoms with Gasteiger partial charge in [0.05, 0.1) is 6.20 Å². The number of anilines is 1. The maximum Gasteiger partial charge on any atom is 0.256 e. The van der Waals surface area contributed by atoms with Crippen molar-refractivity contribution in [2.24, 2.45) is 23.2 Å². The van der Waals surface area contributed by atoms with Gasteiger partial charge in [0.25, 0.3) is 5.91 Å². The summed E-state index contributed by atoms with van der Waals surface area (Å²) in [6.45, 7) is 12.1. The highest BCUT2D eigenvalue weighted by atomic mass is 16.2. The Balaban J connectivity index is 1.53. The summed E-state index contributed by atoms with van der Waals surface area (Å²) < 4.78 is 1.77. The minimum Gasteiger partial charge on any atom is -0.367 e. The van der Waals surface area contributed by atoms with Crippen LogP contribution in [0.4, 0.5) is 5.82 Å². The third-order valence-electron chi connectivity index (χ3n) is 7.19. The van der Waals surface area contributed by atoms with E-state index >= 15 is 0 Å². The number of nitrogens with zero attached hydrogens (tertiary/aromatic N) is 2. The lowest BCUT2D eigenvalue weighted by atomic mass is 9.51. The third-order valence-corrected chi connectivity index (χ3v) is 7.19. The number of hydrogen-bond acceptors (Lipinski definition) is 4. The lowest BCUT2D eigenvalue weighted by Crippen LogP contribution is -2.66. The van der Waals surface area contributed by atoms with Crippen LogP contribution in [-0.4, -0.2) is 39.2 Å². The summed E-state index contributed by atoms with van der Waals surface area (Å²) in [5, 5.41) is 14.5. The van der Waals surface area contributed by atoms with Crippen molar-refractivity contribution in [3.05, 3.63) is 17.8 Å². The molecule has 176 valence electrons. The van der Waals surface area contributed by atoms with E-state index < -0.39 is 0 Å². The lowest BCUT2D eigenvalue weighted by Gasteiger charge is -2.60. The zero-order valence-electron chi connectivity index (χ0n) is 20.4. The van der Waals surface area contributed by atoms with Crippen molar-refractivity contribution in [3.8, 4) is 0 Å². The molecule has 5 rings (SSSR count). The second-order valence-corrected chi connectivity index (χ2v) is 11.8. The maximum atomic E-state index is 13.4. The summed E-state index contributed by atoms with van der Waals surface area (Å²) in [5.74, 6) is 2.25. The maximum absolute atomic E-state index is 13.4. The molecular formula is C25H39N5O2. The Kier molecular flexibility index (Phi) is 5.88. The second-order valence-electron chi connectivity index (χ2n) is 11.8. The number of amides is 2. The van der Waals surface area contributed by atoms with Crippen LogP contribution in [0.25, 0.3) is 6.20 Å². The molecule has 2 unspecified atom stereocenters. The number of nitrogens with one attached hydrogen (secondary N) is 3. The van der Waals surface area contributed by atoms with E-state index in [0.29, 0.717) is 23.3 Å². The number of carbonyl (C=O) groups excluding carboxylic acids is 2. The molecule has 3 N–H and O–H groups in total. The summed E-state index contributed by atoms with van der Waals surface area (Å²) >= 11 is 0. The van der Waals surface area contributed by atoms with Crippen LogP contribution in [0, 0.1) is 23.2 Å². The van der Waals surface area contributed by atoms with Crippen molar-refractivity contribution in [1.82, 2.24) is 20.4 Å². The first-order chi connectivity index (χ1) is 14.9. The number of aromatic nitrogens is 2. The van der Waals surface area contributed by atoms with Gasteiger partial charge in [0.15, 0.2) is 0 Å². The van der Waals surface area contributed by atoms with Crippen LogP contribution in [0.2, 0.25) is 0 Å². The average molecular weight is 442 g/mol. The molecule has 2 atom stereocenters. The molecule has 4 bridgehead atoms. The summed E-state index contributed by atoms with van der Waals surface area (Å²) in [7, 11) is 0. The number of allylic oxidation sites excluding steroid dienone is 1. The molecule has 2 amide bonds. The van der Waals surface area contributed by atoms with Gasteiger partial charge in [-0.3, -0.25) is 9.59 Å². The molecule has 1 heterocycles. The van der Waals surface area contributed by atoms with E-state index in [2.05, 4.69) is 61.7 Å². The van der Waals surface area contributed by atoms with Crippen LogP contribution in [0.5, 0.6) is 0 Å². The van der Waals surface area contributed by atoms with E-state index in [1.165, 1.54) is 0 Å². The molecule has 4 aliphatic rings. The summed E-state index contributed by atoms with van der Waals surface area (Å²) in [6, 6.07) is 0.347. The number of hydrogen-bond donors (Lipinski definition) is 3. The van der Waals surface area contributed by atoms with Gasteiger partial charge in [0, 0.05) is 30.7 Å². The summed E-state index contributed by atoms with van der Waals surface area (Å²) in [4.78, 5) is 25.2. The fourth-order valence-electron chi connectivity index (χ4n) is 6.37. The van der Waals surface area contributed by atoms with Crippen molar-refractivity contribution >= 4 is 23.8 Å². The van der Waals surface area contributed by atoms with Crippen molar-refractivity contribution in [2.75, 3.05) is 5.32 Å². The van der Waals surface area contributed by atoms with Gasteiger partial charge in [0.2, 0.25) is 5.91 Å². The summed E-state index contributed by atoms with van der Waals surface area (Å²) in [6.07, 6.45) is 11.0. The third kappa shape index (κ3) is 4.71. The quantitative estimate of drug-likeness (QED) is 0.622. The van der Waals surface area contributed by atoms with Gasteiger partial charge < -0.3 is 16.0 Å². The van der Waals surface area contributed by atoms with Gasteiger partial charge in [0.1, 0.15) is 11.4 Å². The molecule has 4 aliphatic carbocycles. The normalized spacial score (nSPS) is 31.3. The molecule has 0 spiro atoms. The van der Waals surface area contributed by atoms with Crippen molar-refractivity contribution in [2.45, 2.75) is 91.3 Å². The van der Waals surface area contributed by atoms with Crippen LogP contribution in [0.1, 0.15) is 84.0 Å². The zero-order valence-corrected chi connectivity index (χ0v) is 20.4. The number of carbonyl (C=O) groups is 2. The van der Waals surface area contributed by atoms with Gasteiger partial charge >= 0.3 is 0 Å². The molecule has 7 heteroatoms. The molecule has 1 aromatic heterocycles. The van der Waals surface area contributed by atoms with Crippen molar-refractivity contribution in [3.63, 3.8) is 0 Å². The molecular weight excluding hydrogens is 402 g/mol. The van der Waals surface area contributed by atoms with Gasteiger partial charge in [-0.2, -0.15) is 5.10 Å². The second kappa shape index (κ2) is 8.23. The Labute approximate surface area is 191 Å².